The van der Waals surface area contributed by atoms with E-state index < -0.39 is 29.8 Å². The van der Waals surface area contributed by atoms with Crippen LogP contribution in [0.2, 0.25) is 0 Å². The molecule has 1 amide bonds. The van der Waals surface area contributed by atoms with Crippen molar-refractivity contribution in [1.29, 1.82) is 0 Å². The fraction of sp³-hybridized carbons (Fsp3) is 0.529. The van der Waals surface area contributed by atoms with Gasteiger partial charge in [0.25, 0.3) is 0 Å². The van der Waals surface area contributed by atoms with Crippen LogP contribution in [-0.4, -0.2) is 53.5 Å². The predicted molar refractivity (Wildman–Crippen MR) is 86.4 cm³/mol. The molecule has 0 saturated carbocycles. The number of nitrogens with zero attached hydrogens (tertiary/aromatic N) is 1. The van der Waals surface area contributed by atoms with Crippen LogP contribution in [0.5, 0.6) is 11.5 Å². The summed E-state index contributed by atoms with van der Waals surface area (Å²) in [5, 5.41) is 9.37. The molecule has 2 atom stereocenters. The van der Waals surface area contributed by atoms with E-state index in [0.29, 0.717) is 11.5 Å². The van der Waals surface area contributed by atoms with Gasteiger partial charge < -0.3 is 19.3 Å². The standard InChI is InChI=1S/C17H23NO6/c1-17(2,3)24-16(21)18-10-13(9-14(18)15(19)20)23-12-7-5-6-11(8-12)22-4/h5-8,13-14H,9-10H2,1-4H3,(H,19,20). The molecule has 1 N–H and O–H groups in total. The predicted octanol–water partition coefficient (Wildman–Crippen LogP) is 2.54. The zero-order chi connectivity index (χ0) is 17.9. The molecule has 0 radical (unpaired) electrons. The summed E-state index contributed by atoms with van der Waals surface area (Å²) in [6.07, 6.45) is -0.872. The molecular formula is C17H23NO6. The Morgan fingerprint density at radius 1 is 1.25 bits per heavy atom. The lowest BCUT2D eigenvalue weighted by molar-refractivity contribution is -0.142. The van der Waals surface area contributed by atoms with Crippen LogP contribution in [0.4, 0.5) is 4.79 Å². The van der Waals surface area contributed by atoms with Gasteiger partial charge in [-0.05, 0) is 32.9 Å². The maximum absolute atomic E-state index is 12.2. The molecule has 7 heteroatoms. The molecule has 1 aliphatic heterocycles. The lowest BCUT2D eigenvalue weighted by Crippen LogP contribution is -2.43. The summed E-state index contributed by atoms with van der Waals surface area (Å²) in [5.41, 5.74) is -0.689. The Labute approximate surface area is 141 Å². The molecule has 24 heavy (non-hydrogen) atoms. The summed E-state index contributed by atoms with van der Waals surface area (Å²) < 4.78 is 16.2. The van der Waals surface area contributed by atoms with Gasteiger partial charge in [-0.2, -0.15) is 0 Å². The molecule has 0 aromatic heterocycles. The number of carbonyl (C=O) groups excluding carboxylic acids is 1. The molecular weight excluding hydrogens is 314 g/mol. The molecule has 1 fully saturated rings. The first kappa shape index (κ1) is 17.9. The van der Waals surface area contributed by atoms with Crippen LogP contribution >= 0.6 is 0 Å². The minimum atomic E-state index is -1.07. The minimum Gasteiger partial charge on any atom is -0.497 e. The Balaban J connectivity index is 2.08. The second-order valence-electron chi connectivity index (χ2n) is 6.64. The van der Waals surface area contributed by atoms with Gasteiger partial charge in [0.05, 0.1) is 13.7 Å². The molecule has 0 spiro atoms. The number of hydrogen-bond acceptors (Lipinski definition) is 5. The Morgan fingerprint density at radius 2 is 1.92 bits per heavy atom. The van der Waals surface area contributed by atoms with Gasteiger partial charge in [-0.25, -0.2) is 9.59 Å². The van der Waals surface area contributed by atoms with Crippen molar-refractivity contribution in [2.75, 3.05) is 13.7 Å². The summed E-state index contributed by atoms with van der Waals surface area (Å²) in [6.45, 7) is 5.37. The highest BCUT2D eigenvalue weighted by Gasteiger charge is 2.42. The Morgan fingerprint density at radius 3 is 2.50 bits per heavy atom. The van der Waals surface area contributed by atoms with Crippen molar-refractivity contribution in [3.63, 3.8) is 0 Å². The Kier molecular flexibility index (Phi) is 5.21. The van der Waals surface area contributed by atoms with E-state index in [9.17, 15) is 14.7 Å². The van der Waals surface area contributed by atoms with Crippen molar-refractivity contribution in [1.82, 2.24) is 4.90 Å². The molecule has 2 unspecified atom stereocenters. The van der Waals surface area contributed by atoms with E-state index in [-0.39, 0.29) is 13.0 Å². The third-order valence-corrected chi connectivity index (χ3v) is 3.52. The smallest absolute Gasteiger partial charge is 0.411 e. The molecule has 7 nitrogen and oxygen atoms in total. The number of methoxy groups -OCH3 is 1. The SMILES string of the molecule is COc1cccc(OC2CC(C(=O)O)N(C(=O)OC(C)(C)C)C2)c1. The number of likely N-dealkylation sites (tertiary alicyclic amines) is 1. The van der Waals surface area contributed by atoms with Crippen LogP contribution in [0, 0.1) is 0 Å². The summed E-state index contributed by atoms with van der Waals surface area (Å²) >= 11 is 0. The average molecular weight is 337 g/mol. The second kappa shape index (κ2) is 6.98. The lowest BCUT2D eigenvalue weighted by atomic mass is 10.2. The van der Waals surface area contributed by atoms with E-state index in [4.69, 9.17) is 14.2 Å². The van der Waals surface area contributed by atoms with E-state index in [1.165, 1.54) is 4.90 Å². The van der Waals surface area contributed by atoms with E-state index in [1.807, 2.05) is 0 Å². The molecule has 1 heterocycles. The lowest BCUT2D eigenvalue weighted by Gasteiger charge is -2.26. The van der Waals surface area contributed by atoms with Gasteiger partial charge in [-0.15, -0.1) is 0 Å². The first-order valence-electron chi connectivity index (χ1n) is 7.73. The zero-order valence-electron chi connectivity index (χ0n) is 14.3. The van der Waals surface area contributed by atoms with Crippen molar-refractivity contribution in [2.45, 2.75) is 44.9 Å². The molecule has 132 valence electrons. The number of amides is 1. The fourth-order valence-electron chi connectivity index (χ4n) is 2.51. The van der Waals surface area contributed by atoms with Gasteiger partial charge in [0.2, 0.25) is 0 Å². The largest absolute Gasteiger partial charge is 0.497 e. The summed E-state index contributed by atoms with van der Waals surface area (Å²) in [5.74, 6) is 0.136. The number of carbonyl (C=O) groups is 2. The third-order valence-electron chi connectivity index (χ3n) is 3.52. The van der Waals surface area contributed by atoms with Crippen LogP contribution in [0.3, 0.4) is 0 Å². The van der Waals surface area contributed by atoms with Gasteiger partial charge in [0.1, 0.15) is 29.2 Å². The highest BCUT2D eigenvalue weighted by atomic mass is 16.6. The second-order valence-corrected chi connectivity index (χ2v) is 6.64. The minimum absolute atomic E-state index is 0.156. The third kappa shape index (κ3) is 4.53. The maximum Gasteiger partial charge on any atom is 0.411 e. The monoisotopic (exact) mass is 337 g/mol. The number of benzene rings is 1. The molecule has 1 aromatic carbocycles. The first-order valence-corrected chi connectivity index (χ1v) is 7.73. The van der Waals surface area contributed by atoms with Gasteiger partial charge in [0.15, 0.2) is 0 Å². The van der Waals surface area contributed by atoms with Crippen LogP contribution in [0.1, 0.15) is 27.2 Å². The van der Waals surface area contributed by atoms with Crippen molar-refractivity contribution in [3.05, 3.63) is 24.3 Å². The molecule has 2 rings (SSSR count). The molecule has 0 bridgehead atoms. The van der Waals surface area contributed by atoms with Crippen LogP contribution in [-0.2, 0) is 9.53 Å². The molecule has 1 aliphatic rings. The van der Waals surface area contributed by atoms with Crippen molar-refractivity contribution < 1.29 is 28.9 Å². The van der Waals surface area contributed by atoms with E-state index >= 15 is 0 Å². The normalized spacial score (nSPS) is 20.6. The van der Waals surface area contributed by atoms with Crippen LogP contribution < -0.4 is 9.47 Å². The van der Waals surface area contributed by atoms with Gasteiger partial charge in [-0.3, -0.25) is 4.90 Å². The van der Waals surface area contributed by atoms with E-state index in [0.717, 1.165) is 0 Å². The number of ether oxygens (including phenoxy) is 3. The Hall–Kier alpha value is -2.44. The van der Waals surface area contributed by atoms with Crippen LogP contribution in [0.25, 0.3) is 0 Å². The number of carboxylic acid groups (broad SMARTS) is 1. The molecule has 1 aromatic rings. The van der Waals surface area contributed by atoms with Gasteiger partial charge in [0, 0.05) is 12.5 Å². The first-order chi connectivity index (χ1) is 11.2. The summed E-state index contributed by atoms with van der Waals surface area (Å²) in [6, 6.07) is 6.08. The van der Waals surface area contributed by atoms with Crippen LogP contribution in [0.15, 0.2) is 24.3 Å². The van der Waals surface area contributed by atoms with Crippen molar-refractivity contribution in [2.24, 2.45) is 0 Å². The quantitative estimate of drug-likeness (QED) is 0.909. The highest BCUT2D eigenvalue weighted by Crippen LogP contribution is 2.27. The van der Waals surface area contributed by atoms with Gasteiger partial charge >= 0.3 is 12.1 Å². The maximum atomic E-state index is 12.2. The summed E-state index contributed by atoms with van der Waals surface area (Å²) in [7, 11) is 1.55. The summed E-state index contributed by atoms with van der Waals surface area (Å²) in [4.78, 5) is 24.9. The number of rotatable bonds is 4. The number of aliphatic carboxylic acids is 1. The average Bonchev–Trinajstić information content (AvgIpc) is 2.90. The topological polar surface area (TPSA) is 85.3 Å². The van der Waals surface area contributed by atoms with Gasteiger partial charge in [-0.1, -0.05) is 6.07 Å². The van der Waals surface area contributed by atoms with E-state index in [2.05, 4.69) is 0 Å². The molecule has 0 aliphatic carbocycles. The molecule has 1 saturated heterocycles. The van der Waals surface area contributed by atoms with Crippen molar-refractivity contribution >= 4 is 12.1 Å². The van der Waals surface area contributed by atoms with Crippen molar-refractivity contribution in [3.8, 4) is 11.5 Å². The highest BCUT2D eigenvalue weighted by molar-refractivity contribution is 5.81. The Bertz CT molecular complexity index is 609. The number of carboxylic acids is 1. The zero-order valence-corrected chi connectivity index (χ0v) is 14.3. The fourth-order valence-corrected chi connectivity index (χ4v) is 2.51. The van der Waals surface area contributed by atoms with E-state index in [1.54, 1.807) is 52.1 Å². The number of hydrogen-bond donors (Lipinski definition) is 1.